The van der Waals surface area contributed by atoms with E-state index in [1.807, 2.05) is 6.33 Å². The molecule has 0 unspecified atom stereocenters. The zero-order valence-electron chi connectivity index (χ0n) is 18.3. The Balaban J connectivity index is 1.41. The van der Waals surface area contributed by atoms with Crippen LogP contribution in [0.4, 0.5) is 0 Å². The highest BCUT2D eigenvalue weighted by Crippen LogP contribution is 2.45. The van der Waals surface area contributed by atoms with Crippen LogP contribution in [0.1, 0.15) is 70.7 Å². The molecule has 1 aliphatic carbocycles. The Kier molecular flexibility index (Phi) is 5.95. The summed E-state index contributed by atoms with van der Waals surface area (Å²) in [6, 6.07) is 0. The summed E-state index contributed by atoms with van der Waals surface area (Å²) in [5, 5.41) is 0. The van der Waals surface area contributed by atoms with E-state index in [4.69, 9.17) is 4.98 Å². The smallest absolute Gasteiger partial charge is 0.226 e. The molecule has 1 N–H and O–H groups in total. The topological polar surface area (TPSA) is 52.2 Å². The average molecular weight is 397 g/mol. The van der Waals surface area contributed by atoms with Crippen LogP contribution in [-0.2, 0) is 16.8 Å². The number of H-pyrrole nitrogens is 1. The predicted molar refractivity (Wildman–Crippen MR) is 117 cm³/mol. The van der Waals surface area contributed by atoms with Gasteiger partial charge in [0.1, 0.15) is 0 Å². The van der Waals surface area contributed by atoms with Crippen LogP contribution in [-0.4, -0.2) is 51.9 Å². The molecular weight excluding hydrogens is 360 g/mol. The summed E-state index contributed by atoms with van der Waals surface area (Å²) in [5.74, 6) is 0.652. The van der Waals surface area contributed by atoms with Crippen molar-refractivity contribution in [3.8, 4) is 0 Å². The lowest BCUT2D eigenvalue weighted by Gasteiger charge is -2.50. The second-order valence-corrected chi connectivity index (χ2v) is 9.45. The molecule has 1 spiro atoms. The molecule has 1 amide bonds. The Hall–Kier alpha value is -1.88. The maximum Gasteiger partial charge on any atom is 0.226 e. The number of likely N-dealkylation sites (tertiary alicyclic amines) is 1. The van der Waals surface area contributed by atoms with Crippen LogP contribution in [0.3, 0.4) is 0 Å². The minimum Gasteiger partial charge on any atom is -0.348 e. The van der Waals surface area contributed by atoms with Crippen molar-refractivity contribution in [2.45, 2.75) is 71.3 Å². The van der Waals surface area contributed by atoms with Gasteiger partial charge in [0.15, 0.2) is 0 Å². The molecule has 3 heterocycles. The lowest BCUT2D eigenvalue weighted by atomic mass is 9.78. The van der Waals surface area contributed by atoms with Crippen molar-refractivity contribution < 1.29 is 4.79 Å². The van der Waals surface area contributed by atoms with Crippen LogP contribution < -0.4 is 0 Å². The lowest BCUT2D eigenvalue weighted by molar-refractivity contribution is -0.143. The SMILES string of the molecule is CC(C)=CCCC(C)=CCN1CCC2(CC1)c1nc[nH]c1CCN2C(=O)C1CC1. The first-order valence-electron chi connectivity index (χ1n) is 11.3. The fourth-order valence-corrected chi connectivity index (χ4v) is 4.94. The fourth-order valence-electron chi connectivity index (χ4n) is 4.94. The van der Waals surface area contributed by atoms with Crippen molar-refractivity contribution in [1.82, 2.24) is 19.8 Å². The zero-order chi connectivity index (χ0) is 20.4. The molecule has 158 valence electrons. The van der Waals surface area contributed by atoms with Crippen molar-refractivity contribution in [3.63, 3.8) is 0 Å². The number of allylic oxidation sites excluding steroid dienone is 3. The fraction of sp³-hybridized carbons (Fsp3) is 0.667. The van der Waals surface area contributed by atoms with Gasteiger partial charge in [-0.15, -0.1) is 0 Å². The Labute approximate surface area is 175 Å². The van der Waals surface area contributed by atoms with E-state index < -0.39 is 0 Å². The van der Waals surface area contributed by atoms with Gasteiger partial charge in [0.05, 0.1) is 17.6 Å². The molecular formula is C24H36N4O. The number of nitrogens with one attached hydrogen (secondary N) is 1. The Bertz CT molecular complexity index is 790. The third-order valence-corrected chi connectivity index (χ3v) is 6.93. The van der Waals surface area contributed by atoms with Gasteiger partial charge in [-0.1, -0.05) is 23.3 Å². The predicted octanol–water partition coefficient (Wildman–Crippen LogP) is 4.19. The molecule has 1 saturated heterocycles. The van der Waals surface area contributed by atoms with Gasteiger partial charge in [-0.2, -0.15) is 0 Å². The Morgan fingerprint density at radius 3 is 2.66 bits per heavy atom. The molecule has 3 aliphatic rings. The first-order chi connectivity index (χ1) is 14.0. The number of carbonyl (C=O) groups excluding carboxylic acids is 1. The second-order valence-electron chi connectivity index (χ2n) is 9.45. The highest BCUT2D eigenvalue weighted by Gasteiger charge is 2.50. The van der Waals surface area contributed by atoms with Gasteiger partial charge in [0.25, 0.3) is 0 Å². The molecule has 2 fully saturated rings. The van der Waals surface area contributed by atoms with E-state index in [2.05, 4.69) is 47.7 Å². The molecule has 2 aliphatic heterocycles. The molecule has 1 saturated carbocycles. The van der Waals surface area contributed by atoms with Crippen LogP contribution in [0.25, 0.3) is 0 Å². The van der Waals surface area contributed by atoms with Crippen molar-refractivity contribution in [3.05, 3.63) is 41.0 Å². The summed E-state index contributed by atoms with van der Waals surface area (Å²) in [6.45, 7) is 10.5. The van der Waals surface area contributed by atoms with E-state index in [9.17, 15) is 4.79 Å². The molecule has 0 atom stereocenters. The standard InChI is InChI=1S/C24H36N4O/c1-18(2)5-4-6-19(3)9-13-27-15-11-24(12-16-27)22-21(25-17-26-22)10-14-28(24)23(29)20-7-8-20/h5,9,17,20H,4,6-8,10-16H2,1-3H3,(H,25,26). The minimum atomic E-state index is -0.189. The number of aromatic amines is 1. The number of aromatic nitrogens is 2. The van der Waals surface area contributed by atoms with Crippen LogP contribution in [0.5, 0.6) is 0 Å². The van der Waals surface area contributed by atoms with E-state index in [1.54, 1.807) is 0 Å². The third-order valence-electron chi connectivity index (χ3n) is 6.93. The number of hydrogen-bond donors (Lipinski definition) is 1. The number of rotatable bonds is 6. The number of fused-ring (bicyclic) bond motifs is 2. The monoisotopic (exact) mass is 396 g/mol. The maximum atomic E-state index is 13.1. The Morgan fingerprint density at radius 1 is 1.21 bits per heavy atom. The van der Waals surface area contributed by atoms with Gasteiger partial charge in [-0.3, -0.25) is 9.69 Å². The van der Waals surface area contributed by atoms with Crippen molar-refractivity contribution in [2.75, 3.05) is 26.2 Å². The maximum absolute atomic E-state index is 13.1. The van der Waals surface area contributed by atoms with E-state index in [0.717, 1.165) is 76.8 Å². The average Bonchev–Trinajstić information content (AvgIpc) is 3.44. The number of imidazole rings is 1. The van der Waals surface area contributed by atoms with Gasteiger partial charge in [0, 0.05) is 44.2 Å². The molecule has 5 nitrogen and oxygen atoms in total. The lowest BCUT2D eigenvalue weighted by Crippen LogP contribution is -2.58. The Morgan fingerprint density at radius 2 is 1.97 bits per heavy atom. The van der Waals surface area contributed by atoms with Crippen LogP contribution in [0.2, 0.25) is 0 Å². The van der Waals surface area contributed by atoms with Crippen LogP contribution in [0.15, 0.2) is 29.6 Å². The van der Waals surface area contributed by atoms with E-state index in [-0.39, 0.29) is 11.5 Å². The summed E-state index contributed by atoms with van der Waals surface area (Å²) in [5.41, 5.74) is 5.07. The summed E-state index contributed by atoms with van der Waals surface area (Å²) >= 11 is 0. The quantitative estimate of drug-likeness (QED) is 0.734. The molecule has 0 aromatic carbocycles. The highest BCUT2D eigenvalue weighted by molar-refractivity contribution is 5.82. The number of carbonyl (C=O) groups is 1. The van der Waals surface area contributed by atoms with Gasteiger partial charge < -0.3 is 9.88 Å². The molecule has 4 rings (SSSR count). The van der Waals surface area contributed by atoms with Gasteiger partial charge >= 0.3 is 0 Å². The second kappa shape index (κ2) is 8.47. The first kappa shape index (κ1) is 20.4. The molecule has 0 bridgehead atoms. The number of piperidine rings is 1. The van der Waals surface area contributed by atoms with Gasteiger partial charge in [-0.05, 0) is 59.3 Å². The largest absolute Gasteiger partial charge is 0.348 e. The van der Waals surface area contributed by atoms with Gasteiger partial charge in [-0.25, -0.2) is 4.98 Å². The van der Waals surface area contributed by atoms with Gasteiger partial charge in [0.2, 0.25) is 5.91 Å². The normalized spacial score (nSPS) is 21.9. The number of hydrogen-bond acceptors (Lipinski definition) is 3. The summed E-state index contributed by atoms with van der Waals surface area (Å²) in [4.78, 5) is 25.9. The van der Waals surface area contributed by atoms with Crippen molar-refractivity contribution in [2.24, 2.45) is 5.92 Å². The van der Waals surface area contributed by atoms with Crippen molar-refractivity contribution in [1.29, 1.82) is 0 Å². The van der Waals surface area contributed by atoms with E-state index >= 15 is 0 Å². The van der Waals surface area contributed by atoms with Crippen LogP contribution in [0, 0.1) is 5.92 Å². The summed E-state index contributed by atoms with van der Waals surface area (Å²) in [7, 11) is 0. The van der Waals surface area contributed by atoms with Crippen molar-refractivity contribution >= 4 is 5.91 Å². The molecule has 0 radical (unpaired) electrons. The van der Waals surface area contributed by atoms with E-state index in [0.29, 0.717) is 5.91 Å². The third kappa shape index (κ3) is 4.35. The summed E-state index contributed by atoms with van der Waals surface area (Å²) in [6.07, 6.45) is 13.8. The molecule has 29 heavy (non-hydrogen) atoms. The first-order valence-corrected chi connectivity index (χ1v) is 11.3. The molecule has 5 heteroatoms. The summed E-state index contributed by atoms with van der Waals surface area (Å²) < 4.78 is 0. The highest BCUT2D eigenvalue weighted by atomic mass is 16.2. The molecule has 1 aromatic heterocycles. The number of amides is 1. The van der Waals surface area contributed by atoms with E-state index in [1.165, 1.54) is 16.8 Å². The number of nitrogens with zero attached hydrogens (tertiary/aromatic N) is 3. The zero-order valence-corrected chi connectivity index (χ0v) is 18.3. The molecule has 1 aromatic rings. The van der Waals surface area contributed by atoms with Crippen LogP contribution >= 0.6 is 0 Å². The minimum absolute atomic E-state index is 0.189.